The number of piperidine rings is 1. The molecule has 0 aromatic heterocycles. The zero-order chi connectivity index (χ0) is 16.8. The van der Waals surface area contributed by atoms with Crippen LogP contribution in [0.2, 0.25) is 0 Å². The Morgan fingerprint density at radius 3 is 2.32 bits per heavy atom. The second kappa shape index (κ2) is 8.13. The van der Waals surface area contributed by atoms with Gasteiger partial charge in [0.25, 0.3) is 0 Å². The zero-order valence-corrected chi connectivity index (χ0v) is 13.5. The van der Waals surface area contributed by atoms with Crippen molar-refractivity contribution in [2.75, 3.05) is 32.4 Å². The normalized spacial score (nSPS) is 18.5. The minimum Gasteiger partial charge on any atom is -0.303 e. The van der Waals surface area contributed by atoms with Gasteiger partial charge in [0.1, 0.15) is 6.54 Å². The van der Waals surface area contributed by atoms with Gasteiger partial charge in [0.05, 0.1) is 12.3 Å². The first-order valence-electron chi connectivity index (χ1n) is 7.26. The lowest BCUT2D eigenvalue weighted by Gasteiger charge is -2.37. The Labute approximate surface area is 129 Å². The molecule has 1 heterocycles. The summed E-state index contributed by atoms with van der Waals surface area (Å²) < 4.78 is 61.5. The molecule has 0 bridgehead atoms. The number of rotatable bonds is 7. The quantitative estimate of drug-likeness (QED) is 0.664. The lowest BCUT2D eigenvalue weighted by atomic mass is 10.0. The van der Waals surface area contributed by atoms with Crippen LogP contribution in [0.3, 0.4) is 0 Å². The Morgan fingerprint density at radius 1 is 1.27 bits per heavy atom. The first kappa shape index (κ1) is 19.2. The topological polar surface area (TPSA) is 64.4 Å². The van der Waals surface area contributed by atoms with E-state index >= 15 is 0 Å². The van der Waals surface area contributed by atoms with Crippen LogP contribution in [0.1, 0.15) is 32.1 Å². The summed E-state index contributed by atoms with van der Waals surface area (Å²) in [6, 6.07) is 1.48. The maximum absolute atomic E-state index is 12.6. The molecule has 0 aromatic carbocycles. The molecule has 0 N–H and O–H groups in total. The third-order valence-electron chi connectivity index (χ3n) is 3.74. The number of likely N-dealkylation sites (tertiary alicyclic amines) is 1. The lowest BCUT2D eigenvalue weighted by molar-refractivity contribution is -0.140. The fraction of sp³-hybridized carbons (Fsp3) is 0.923. The van der Waals surface area contributed by atoms with Gasteiger partial charge in [0.15, 0.2) is 0 Å². The van der Waals surface area contributed by atoms with Gasteiger partial charge in [-0.1, -0.05) is 0 Å². The van der Waals surface area contributed by atoms with Crippen LogP contribution in [-0.2, 0) is 10.0 Å². The van der Waals surface area contributed by atoms with Crippen molar-refractivity contribution in [3.63, 3.8) is 0 Å². The summed E-state index contributed by atoms with van der Waals surface area (Å²) in [6.45, 7) is 0.549. The van der Waals surface area contributed by atoms with Gasteiger partial charge < -0.3 is 4.90 Å². The third kappa shape index (κ3) is 6.94. The largest absolute Gasteiger partial charge is 0.402 e. The fourth-order valence-corrected chi connectivity index (χ4v) is 3.80. The van der Waals surface area contributed by atoms with Gasteiger partial charge in [-0.05, 0) is 45.3 Å². The molecule has 0 amide bonds. The molecular weight excluding hydrogens is 319 g/mol. The first-order chi connectivity index (χ1) is 10.1. The molecule has 1 aliphatic heterocycles. The monoisotopic (exact) mass is 341 g/mol. The summed E-state index contributed by atoms with van der Waals surface area (Å²) in [6.07, 6.45) is -0.715. The summed E-state index contributed by atoms with van der Waals surface area (Å²) in [5, 5.41) is 8.45. The van der Waals surface area contributed by atoms with Crippen molar-refractivity contribution < 1.29 is 21.6 Å². The van der Waals surface area contributed by atoms with Crippen LogP contribution >= 0.6 is 0 Å². The lowest BCUT2D eigenvalue weighted by Crippen LogP contribution is -2.50. The molecule has 0 atom stereocenters. The van der Waals surface area contributed by atoms with E-state index in [2.05, 4.69) is 11.0 Å². The van der Waals surface area contributed by atoms with E-state index in [9.17, 15) is 21.6 Å². The second-order valence-corrected chi connectivity index (χ2v) is 7.55. The van der Waals surface area contributed by atoms with Crippen LogP contribution in [0.15, 0.2) is 0 Å². The Morgan fingerprint density at radius 2 is 1.86 bits per heavy atom. The smallest absolute Gasteiger partial charge is 0.303 e. The summed E-state index contributed by atoms with van der Waals surface area (Å²) in [5.74, 6) is 0. The molecule has 128 valence electrons. The molecule has 0 radical (unpaired) electrons. The van der Waals surface area contributed by atoms with E-state index in [1.165, 1.54) is 0 Å². The first-order valence-corrected chi connectivity index (χ1v) is 9.11. The molecular formula is C13H22F3N3O2S. The van der Waals surface area contributed by atoms with Crippen molar-refractivity contribution in [2.24, 2.45) is 0 Å². The Hall–Kier alpha value is -0.850. The molecule has 0 spiro atoms. The van der Waals surface area contributed by atoms with Crippen molar-refractivity contribution in [3.8, 4) is 6.07 Å². The molecule has 22 heavy (non-hydrogen) atoms. The van der Waals surface area contributed by atoms with E-state index in [0.29, 0.717) is 36.7 Å². The molecule has 1 rings (SSSR count). The van der Waals surface area contributed by atoms with E-state index in [4.69, 9.17) is 5.26 Å². The van der Waals surface area contributed by atoms with Crippen LogP contribution in [-0.4, -0.2) is 62.3 Å². The summed E-state index contributed by atoms with van der Waals surface area (Å²) in [4.78, 5) is 2.11. The number of nitrogens with zero attached hydrogens (tertiary/aromatic N) is 3. The maximum atomic E-state index is 12.6. The van der Waals surface area contributed by atoms with Crippen LogP contribution in [0.4, 0.5) is 13.2 Å². The minimum absolute atomic E-state index is 0.404. The van der Waals surface area contributed by atoms with Crippen LogP contribution in [0.25, 0.3) is 0 Å². The molecule has 1 saturated heterocycles. The van der Waals surface area contributed by atoms with E-state index in [-0.39, 0.29) is 0 Å². The highest BCUT2D eigenvalue weighted by Crippen LogP contribution is 2.25. The number of hydrogen-bond acceptors (Lipinski definition) is 4. The highest BCUT2D eigenvalue weighted by Gasteiger charge is 2.39. The zero-order valence-electron chi connectivity index (χ0n) is 12.6. The molecule has 5 nitrogen and oxygen atoms in total. The molecule has 0 saturated carbocycles. The van der Waals surface area contributed by atoms with Crippen molar-refractivity contribution in [1.29, 1.82) is 5.26 Å². The minimum atomic E-state index is -4.53. The maximum Gasteiger partial charge on any atom is 0.402 e. The molecule has 1 aliphatic rings. The number of nitriles is 1. The van der Waals surface area contributed by atoms with Gasteiger partial charge in [0, 0.05) is 12.5 Å². The van der Waals surface area contributed by atoms with Crippen LogP contribution < -0.4 is 0 Å². The van der Waals surface area contributed by atoms with Crippen LogP contribution in [0.5, 0.6) is 0 Å². The van der Waals surface area contributed by atoms with Gasteiger partial charge in [-0.15, -0.1) is 0 Å². The Bertz CT molecular complexity index is 480. The van der Waals surface area contributed by atoms with Crippen molar-refractivity contribution in [3.05, 3.63) is 0 Å². The summed E-state index contributed by atoms with van der Waals surface area (Å²) >= 11 is 0. The number of hydrogen-bond donors (Lipinski definition) is 0. The van der Waals surface area contributed by atoms with Crippen molar-refractivity contribution in [1.82, 2.24) is 9.21 Å². The summed E-state index contributed by atoms with van der Waals surface area (Å²) in [5.41, 5.74) is 0. The van der Waals surface area contributed by atoms with Crippen LogP contribution in [0, 0.1) is 11.3 Å². The summed E-state index contributed by atoms with van der Waals surface area (Å²) in [7, 11) is -3.88. The molecule has 1 fully saturated rings. The van der Waals surface area contributed by atoms with E-state index in [1.807, 2.05) is 0 Å². The fourth-order valence-electron chi connectivity index (χ4n) is 2.66. The predicted octanol–water partition coefficient (Wildman–Crippen LogP) is 1.97. The van der Waals surface area contributed by atoms with Crippen molar-refractivity contribution in [2.45, 2.75) is 44.3 Å². The molecule has 0 aromatic rings. The van der Waals surface area contributed by atoms with Gasteiger partial charge in [-0.2, -0.15) is 22.7 Å². The van der Waals surface area contributed by atoms with Gasteiger partial charge in [-0.25, -0.2) is 8.42 Å². The van der Waals surface area contributed by atoms with Gasteiger partial charge in [-0.3, -0.25) is 0 Å². The predicted molar refractivity (Wildman–Crippen MR) is 76.5 cm³/mol. The molecule has 0 aliphatic carbocycles. The van der Waals surface area contributed by atoms with E-state index in [0.717, 1.165) is 25.6 Å². The third-order valence-corrected chi connectivity index (χ3v) is 5.02. The number of sulfonamides is 1. The highest BCUT2D eigenvalue weighted by molar-refractivity contribution is 7.88. The van der Waals surface area contributed by atoms with Gasteiger partial charge >= 0.3 is 6.18 Å². The van der Waals surface area contributed by atoms with Gasteiger partial charge in [0.2, 0.25) is 10.0 Å². The Kier molecular flexibility index (Phi) is 7.09. The molecule has 9 heteroatoms. The van der Waals surface area contributed by atoms with Crippen molar-refractivity contribution >= 4 is 10.0 Å². The van der Waals surface area contributed by atoms with E-state index in [1.54, 1.807) is 0 Å². The molecule has 0 unspecified atom stereocenters. The SMILES string of the molecule is CS(=O)(=O)N(CC(F)(F)F)C1CCN(CCCCC#N)CC1. The van der Waals surface area contributed by atoms with E-state index < -0.39 is 28.8 Å². The number of halogens is 3. The standard InChI is InChI=1S/C13H22F3N3O2S/c1-22(20,21)19(11-13(14,15)16)12-5-9-18(10-6-12)8-4-2-3-7-17/h12H,2-6,8-11H2,1H3. The highest BCUT2D eigenvalue weighted by atomic mass is 32.2. The average Bonchev–Trinajstić information content (AvgIpc) is 2.40. The second-order valence-electron chi connectivity index (χ2n) is 5.61. The average molecular weight is 341 g/mol. The number of alkyl halides is 3. The Balaban J connectivity index is 2.51. The number of unbranched alkanes of at least 4 members (excludes halogenated alkanes) is 2.